The summed E-state index contributed by atoms with van der Waals surface area (Å²) in [6.07, 6.45) is 3.26. The molecule has 0 aromatic rings. The monoisotopic (exact) mass is 177 g/mol. The van der Waals surface area contributed by atoms with Gasteiger partial charge in [0.25, 0.3) is 0 Å². The van der Waals surface area contributed by atoms with Crippen LogP contribution >= 0.6 is 0 Å². The zero-order valence-corrected chi connectivity index (χ0v) is 7.65. The lowest BCUT2D eigenvalue weighted by molar-refractivity contribution is 0.548. The third-order valence-electron chi connectivity index (χ3n) is 2.06. The Morgan fingerprint density at radius 2 is 2.27 bits per heavy atom. The summed E-state index contributed by atoms with van der Waals surface area (Å²) in [7, 11) is -2.74. The van der Waals surface area contributed by atoms with Gasteiger partial charge in [-0.2, -0.15) is 0 Å². The first-order chi connectivity index (χ1) is 5.08. The van der Waals surface area contributed by atoms with Crippen molar-refractivity contribution >= 4 is 9.84 Å². The minimum atomic E-state index is -2.74. The van der Waals surface area contributed by atoms with Gasteiger partial charge in [0.2, 0.25) is 0 Å². The Balaban J connectivity index is 2.22. The molecule has 1 fully saturated rings. The molecule has 1 atom stereocenters. The topological polar surface area (TPSA) is 46.2 Å². The van der Waals surface area contributed by atoms with Gasteiger partial charge in [0, 0.05) is 6.26 Å². The molecular weight excluding hydrogens is 162 g/mol. The van der Waals surface area contributed by atoms with Crippen LogP contribution in [0.25, 0.3) is 0 Å². The van der Waals surface area contributed by atoms with Crippen LogP contribution in [0, 0.1) is 5.92 Å². The Morgan fingerprint density at radius 3 is 2.73 bits per heavy atom. The van der Waals surface area contributed by atoms with E-state index in [-0.39, 0.29) is 0 Å². The number of hydrogen-bond donors (Lipinski definition) is 1. The van der Waals surface area contributed by atoms with E-state index in [1.807, 2.05) is 0 Å². The Labute approximate surface area is 68.1 Å². The van der Waals surface area contributed by atoms with Gasteiger partial charge in [0.15, 0.2) is 0 Å². The van der Waals surface area contributed by atoms with E-state index in [9.17, 15) is 8.42 Å². The highest BCUT2D eigenvalue weighted by Crippen LogP contribution is 2.12. The Bertz CT molecular complexity index is 204. The van der Waals surface area contributed by atoms with Crippen molar-refractivity contribution < 1.29 is 8.42 Å². The Morgan fingerprint density at radius 1 is 1.55 bits per heavy atom. The largest absolute Gasteiger partial charge is 0.316 e. The fourth-order valence-electron chi connectivity index (χ4n) is 1.34. The van der Waals surface area contributed by atoms with Crippen molar-refractivity contribution in [1.82, 2.24) is 5.32 Å². The molecule has 0 bridgehead atoms. The van der Waals surface area contributed by atoms with E-state index in [2.05, 4.69) is 5.32 Å². The predicted molar refractivity (Wildman–Crippen MR) is 45.3 cm³/mol. The van der Waals surface area contributed by atoms with E-state index in [1.165, 1.54) is 6.26 Å². The Kier molecular flexibility index (Phi) is 2.90. The average molecular weight is 177 g/mol. The summed E-state index contributed by atoms with van der Waals surface area (Å²) in [4.78, 5) is 0. The summed E-state index contributed by atoms with van der Waals surface area (Å²) in [5.41, 5.74) is 0. The molecule has 66 valence electrons. The Hall–Kier alpha value is -0.0900. The zero-order chi connectivity index (χ0) is 8.32. The lowest BCUT2D eigenvalue weighted by Gasteiger charge is -2.05. The molecule has 11 heavy (non-hydrogen) atoms. The molecular formula is C7H15NO2S. The van der Waals surface area contributed by atoms with Gasteiger partial charge in [-0.1, -0.05) is 0 Å². The first-order valence-electron chi connectivity index (χ1n) is 3.96. The quantitative estimate of drug-likeness (QED) is 0.661. The molecule has 1 N–H and O–H groups in total. The van der Waals surface area contributed by atoms with Crippen molar-refractivity contribution in [3.05, 3.63) is 0 Å². The van der Waals surface area contributed by atoms with Gasteiger partial charge >= 0.3 is 0 Å². The van der Waals surface area contributed by atoms with Crippen molar-refractivity contribution in [2.45, 2.75) is 12.8 Å². The van der Waals surface area contributed by atoms with Crippen LogP contribution in [0.2, 0.25) is 0 Å². The first-order valence-corrected chi connectivity index (χ1v) is 6.02. The van der Waals surface area contributed by atoms with E-state index in [0.29, 0.717) is 11.7 Å². The average Bonchev–Trinajstić information content (AvgIpc) is 2.32. The van der Waals surface area contributed by atoms with Crippen molar-refractivity contribution in [2.24, 2.45) is 5.92 Å². The molecule has 0 aliphatic carbocycles. The first kappa shape index (κ1) is 9.00. The molecule has 1 saturated heterocycles. The lowest BCUT2D eigenvalue weighted by atomic mass is 10.1. The van der Waals surface area contributed by atoms with E-state index in [0.717, 1.165) is 25.9 Å². The second kappa shape index (κ2) is 3.54. The molecule has 0 amide bonds. The van der Waals surface area contributed by atoms with Crippen molar-refractivity contribution in [2.75, 3.05) is 25.1 Å². The smallest absolute Gasteiger partial charge is 0.147 e. The van der Waals surface area contributed by atoms with Gasteiger partial charge in [0.1, 0.15) is 9.84 Å². The highest BCUT2D eigenvalue weighted by atomic mass is 32.2. The molecule has 0 spiro atoms. The second-order valence-corrected chi connectivity index (χ2v) is 5.54. The van der Waals surface area contributed by atoms with E-state index >= 15 is 0 Å². The summed E-state index contributed by atoms with van der Waals surface area (Å²) in [5, 5.41) is 3.21. The summed E-state index contributed by atoms with van der Waals surface area (Å²) in [6, 6.07) is 0. The number of hydrogen-bond acceptors (Lipinski definition) is 3. The molecule has 3 nitrogen and oxygen atoms in total. The maximum Gasteiger partial charge on any atom is 0.147 e. The fraction of sp³-hybridized carbons (Fsp3) is 1.00. The molecule has 0 aromatic heterocycles. The minimum absolute atomic E-state index is 0.347. The van der Waals surface area contributed by atoms with E-state index < -0.39 is 9.84 Å². The number of rotatable bonds is 3. The maximum atomic E-state index is 10.8. The molecule has 0 radical (unpaired) electrons. The van der Waals surface area contributed by atoms with Crippen LogP contribution in [-0.2, 0) is 9.84 Å². The molecule has 1 aliphatic rings. The maximum absolute atomic E-state index is 10.8. The molecule has 0 unspecified atom stereocenters. The van der Waals surface area contributed by atoms with Crippen LogP contribution in [0.3, 0.4) is 0 Å². The number of nitrogens with one attached hydrogen (secondary N) is 1. The predicted octanol–water partition coefficient (Wildman–Crippen LogP) is 0.0306. The molecule has 0 aromatic carbocycles. The van der Waals surface area contributed by atoms with E-state index in [4.69, 9.17) is 0 Å². The van der Waals surface area contributed by atoms with Crippen molar-refractivity contribution in [3.8, 4) is 0 Å². The second-order valence-electron chi connectivity index (χ2n) is 3.28. The highest BCUT2D eigenvalue weighted by Gasteiger charge is 2.15. The van der Waals surface area contributed by atoms with Crippen LogP contribution in [-0.4, -0.2) is 33.5 Å². The van der Waals surface area contributed by atoms with Crippen LogP contribution in [0.5, 0.6) is 0 Å². The highest BCUT2D eigenvalue weighted by molar-refractivity contribution is 7.90. The van der Waals surface area contributed by atoms with Gasteiger partial charge in [-0.15, -0.1) is 0 Å². The summed E-state index contributed by atoms with van der Waals surface area (Å²) in [6.45, 7) is 2.05. The third kappa shape index (κ3) is 3.72. The summed E-state index contributed by atoms with van der Waals surface area (Å²) < 4.78 is 21.5. The molecule has 1 rings (SSSR count). The van der Waals surface area contributed by atoms with Crippen LogP contribution in [0.15, 0.2) is 0 Å². The molecule has 1 aliphatic heterocycles. The van der Waals surface area contributed by atoms with Crippen molar-refractivity contribution in [3.63, 3.8) is 0 Å². The lowest BCUT2D eigenvalue weighted by Crippen LogP contribution is -2.12. The van der Waals surface area contributed by atoms with Crippen molar-refractivity contribution in [1.29, 1.82) is 0 Å². The van der Waals surface area contributed by atoms with Crippen LogP contribution < -0.4 is 5.32 Å². The van der Waals surface area contributed by atoms with Gasteiger partial charge < -0.3 is 5.32 Å². The fourth-order valence-corrected chi connectivity index (χ4v) is 2.10. The third-order valence-corrected chi connectivity index (χ3v) is 3.04. The van der Waals surface area contributed by atoms with Gasteiger partial charge in [0.05, 0.1) is 5.75 Å². The van der Waals surface area contributed by atoms with Crippen LogP contribution in [0.4, 0.5) is 0 Å². The van der Waals surface area contributed by atoms with E-state index in [1.54, 1.807) is 0 Å². The standard InChI is InChI=1S/C7H15NO2S/c1-11(9,10)5-3-7-2-4-8-6-7/h7-8H,2-6H2,1H3/t7-/m1/s1. The summed E-state index contributed by atoms with van der Waals surface area (Å²) >= 11 is 0. The van der Waals surface area contributed by atoms with Gasteiger partial charge in [-0.05, 0) is 31.8 Å². The number of sulfone groups is 1. The van der Waals surface area contributed by atoms with Gasteiger partial charge in [-0.25, -0.2) is 8.42 Å². The molecule has 0 saturated carbocycles. The molecule has 1 heterocycles. The SMILES string of the molecule is CS(=O)(=O)CC[C@H]1CCNC1. The zero-order valence-electron chi connectivity index (χ0n) is 6.84. The summed E-state index contributed by atoms with van der Waals surface area (Å²) in [5.74, 6) is 0.934. The molecule has 4 heteroatoms. The minimum Gasteiger partial charge on any atom is -0.316 e. The van der Waals surface area contributed by atoms with Crippen LogP contribution in [0.1, 0.15) is 12.8 Å². The van der Waals surface area contributed by atoms with Gasteiger partial charge in [-0.3, -0.25) is 0 Å². The normalized spacial score (nSPS) is 25.7.